The lowest BCUT2D eigenvalue weighted by atomic mass is 9.69. The number of nitrogens with zero attached hydrogens (tertiary/aromatic N) is 1. The number of carbonyl (C=O) groups is 2. The van der Waals surface area contributed by atoms with E-state index in [0.29, 0.717) is 25.9 Å². The molecule has 1 aliphatic heterocycles. The number of amides is 1. The van der Waals surface area contributed by atoms with Crippen molar-refractivity contribution in [3.05, 3.63) is 96.1 Å². The van der Waals surface area contributed by atoms with Crippen LogP contribution in [0.15, 0.2) is 84.9 Å². The van der Waals surface area contributed by atoms with E-state index in [2.05, 4.69) is 29.6 Å². The van der Waals surface area contributed by atoms with Crippen molar-refractivity contribution in [2.45, 2.75) is 37.5 Å². The zero-order chi connectivity index (χ0) is 24.5. The van der Waals surface area contributed by atoms with Crippen molar-refractivity contribution >= 4 is 17.4 Å². The third-order valence-corrected chi connectivity index (χ3v) is 7.05. The van der Waals surface area contributed by atoms with Crippen molar-refractivity contribution in [1.29, 1.82) is 0 Å². The summed E-state index contributed by atoms with van der Waals surface area (Å²) in [6.07, 6.45) is 3.30. The Balaban J connectivity index is 1.39. The Labute approximate surface area is 208 Å². The van der Waals surface area contributed by atoms with Crippen LogP contribution in [0.4, 0.5) is 5.69 Å². The molecular formula is C30H34N2O3. The van der Waals surface area contributed by atoms with Crippen LogP contribution in [0, 0.1) is 0 Å². The van der Waals surface area contributed by atoms with Crippen molar-refractivity contribution in [1.82, 2.24) is 4.90 Å². The minimum atomic E-state index is -0.253. The normalized spacial score (nSPS) is 14.8. The van der Waals surface area contributed by atoms with Crippen molar-refractivity contribution in [3.8, 4) is 5.75 Å². The molecule has 0 radical (unpaired) electrons. The predicted molar refractivity (Wildman–Crippen MR) is 140 cm³/mol. The van der Waals surface area contributed by atoms with Crippen LogP contribution in [0.25, 0.3) is 0 Å². The van der Waals surface area contributed by atoms with Gasteiger partial charge in [-0.05, 0) is 42.5 Å². The fourth-order valence-corrected chi connectivity index (χ4v) is 5.02. The van der Waals surface area contributed by atoms with E-state index in [-0.39, 0.29) is 23.7 Å². The summed E-state index contributed by atoms with van der Waals surface area (Å²) < 4.78 is 5.39. The molecule has 0 aliphatic carbocycles. The summed E-state index contributed by atoms with van der Waals surface area (Å²) in [5, 5.41) is 3.24. The number of Topliss-reactive ketones (excluding diaryl/α,β-unsaturated/α-hetero) is 1. The van der Waals surface area contributed by atoms with Gasteiger partial charge in [0.2, 0.25) is 5.91 Å². The lowest BCUT2D eigenvalue weighted by Gasteiger charge is -2.42. The number of likely N-dealkylation sites (tertiary alicyclic amines) is 1. The molecule has 4 rings (SSSR count). The number of para-hydroxylation sites is 2. The van der Waals surface area contributed by atoms with Crippen molar-refractivity contribution in [3.63, 3.8) is 0 Å². The minimum absolute atomic E-state index is 0.156. The monoisotopic (exact) mass is 470 g/mol. The van der Waals surface area contributed by atoms with Gasteiger partial charge in [-0.1, -0.05) is 72.8 Å². The Hall–Kier alpha value is -3.60. The average molecular weight is 471 g/mol. The molecule has 5 nitrogen and oxygen atoms in total. The molecule has 0 saturated carbocycles. The lowest BCUT2D eigenvalue weighted by molar-refractivity contribution is -0.133. The zero-order valence-corrected chi connectivity index (χ0v) is 20.4. The Morgan fingerprint density at radius 1 is 0.886 bits per heavy atom. The Bertz CT molecular complexity index is 1110. The summed E-state index contributed by atoms with van der Waals surface area (Å²) in [4.78, 5) is 28.0. The molecule has 1 saturated heterocycles. The molecule has 0 unspecified atom stereocenters. The van der Waals surface area contributed by atoms with Crippen molar-refractivity contribution < 1.29 is 14.3 Å². The number of aryl methyl sites for hydroxylation is 1. The molecule has 0 bridgehead atoms. The first kappa shape index (κ1) is 24.5. The maximum atomic E-state index is 13.2. The number of ketones is 1. The van der Waals surface area contributed by atoms with Gasteiger partial charge in [0.1, 0.15) is 5.75 Å². The molecule has 0 atom stereocenters. The van der Waals surface area contributed by atoms with Crippen LogP contribution in [0.2, 0.25) is 0 Å². The first-order valence-electron chi connectivity index (χ1n) is 12.4. The summed E-state index contributed by atoms with van der Waals surface area (Å²) in [5.41, 5.74) is 2.93. The second-order valence-electron chi connectivity index (χ2n) is 9.28. The molecule has 0 spiro atoms. The van der Waals surface area contributed by atoms with E-state index < -0.39 is 0 Å². The Morgan fingerprint density at radius 2 is 1.51 bits per heavy atom. The van der Waals surface area contributed by atoms with E-state index in [1.165, 1.54) is 11.1 Å². The van der Waals surface area contributed by atoms with Crippen molar-refractivity contribution in [2.75, 3.05) is 32.1 Å². The number of benzene rings is 3. The van der Waals surface area contributed by atoms with E-state index in [9.17, 15) is 9.59 Å². The number of rotatable bonds is 10. The first-order chi connectivity index (χ1) is 17.1. The fourth-order valence-electron chi connectivity index (χ4n) is 5.02. The second kappa shape index (κ2) is 11.7. The SMILES string of the molecule is COc1ccccc1NCC(=O)CC1(c2ccccc2)CCN(C(=O)CCc2ccccc2)CC1. The van der Waals surface area contributed by atoms with Gasteiger partial charge in [-0.2, -0.15) is 0 Å². The largest absolute Gasteiger partial charge is 0.495 e. The van der Waals surface area contributed by atoms with Crippen LogP contribution >= 0.6 is 0 Å². The molecular weight excluding hydrogens is 436 g/mol. The van der Waals surface area contributed by atoms with E-state index in [1.54, 1.807) is 7.11 Å². The van der Waals surface area contributed by atoms with E-state index in [1.807, 2.05) is 65.6 Å². The first-order valence-corrected chi connectivity index (χ1v) is 12.4. The standard InChI is InChI=1S/C30H34N2O3/c1-35-28-15-9-8-14-27(28)31-23-26(33)22-30(25-12-6-3-7-13-25)18-20-32(21-19-30)29(34)17-16-24-10-4-2-5-11-24/h2-15,31H,16-23H2,1H3. The highest BCUT2D eigenvalue weighted by Gasteiger charge is 2.38. The van der Waals surface area contributed by atoms with Gasteiger partial charge >= 0.3 is 0 Å². The van der Waals surface area contributed by atoms with E-state index in [0.717, 1.165) is 30.7 Å². The number of carbonyl (C=O) groups excluding carboxylic acids is 2. The number of nitrogens with one attached hydrogen (secondary N) is 1. The van der Waals surface area contributed by atoms with Gasteiger partial charge in [0.25, 0.3) is 0 Å². The molecule has 35 heavy (non-hydrogen) atoms. The zero-order valence-electron chi connectivity index (χ0n) is 20.4. The topological polar surface area (TPSA) is 58.6 Å². The smallest absolute Gasteiger partial charge is 0.222 e. The highest BCUT2D eigenvalue weighted by Crippen LogP contribution is 2.39. The van der Waals surface area contributed by atoms with Crippen molar-refractivity contribution in [2.24, 2.45) is 0 Å². The molecule has 1 heterocycles. The van der Waals surface area contributed by atoms with Gasteiger partial charge in [0.05, 0.1) is 19.3 Å². The summed E-state index contributed by atoms with van der Waals surface area (Å²) in [6, 6.07) is 28.1. The van der Waals surface area contributed by atoms with Gasteiger partial charge in [0.15, 0.2) is 5.78 Å². The number of piperidine rings is 1. The minimum Gasteiger partial charge on any atom is -0.495 e. The highest BCUT2D eigenvalue weighted by atomic mass is 16.5. The molecule has 1 aliphatic rings. The van der Waals surface area contributed by atoms with Crippen LogP contribution in [-0.2, 0) is 21.4 Å². The Kier molecular flexibility index (Phi) is 8.19. The lowest BCUT2D eigenvalue weighted by Crippen LogP contribution is -2.46. The van der Waals surface area contributed by atoms with Crippen LogP contribution in [0.5, 0.6) is 5.75 Å². The second-order valence-corrected chi connectivity index (χ2v) is 9.28. The van der Waals surface area contributed by atoms with Crippen LogP contribution in [-0.4, -0.2) is 43.3 Å². The fraction of sp³-hybridized carbons (Fsp3) is 0.333. The molecule has 5 heteroatoms. The maximum absolute atomic E-state index is 13.2. The summed E-state index contributed by atoms with van der Waals surface area (Å²) in [5.74, 6) is 1.07. The molecule has 1 amide bonds. The van der Waals surface area contributed by atoms with E-state index >= 15 is 0 Å². The molecule has 1 fully saturated rings. The quantitative estimate of drug-likeness (QED) is 0.439. The molecule has 1 N–H and O–H groups in total. The number of methoxy groups -OCH3 is 1. The summed E-state index contributed by atoms with van der Waals surface area (Å²) in [6.45, 7) is 1.60. The number of anilines is 1. The van der Waals surface area contributed by atoms with Gasteiger partial charge in [0, 0.05) is 31.3 Å². The summed E-state index contributed by atoms with van der Waals surface area (Å²) >= 11 is 0. The Morgan fingerprint density at radius 3 is 2.20 bits per heavy atom. The number of hydrogen-bond acceptors (Lipinski definition) is 4. The third-order valence-electron chi connectivity index (χ3n) is 7.05. The molecule has 0 aromatic heterocycles. The number of ether oxygens (including phenoxy) is 1. The van der Waals surface area contributed by atoms with Gasteiger partial charge in [-0.3, -0.25) is 9.59 Å². The van der Waals surface area contributed by atoms with Crippen LogP contribution in [0.3, 0.4) is 0 Å². The van der Waals surface area contributed by atoms with Gasteiger partial charge < -0.3 is 15.0 Å². The summed E-state index contributed by atoms with van der Waals surface area (Å²) in [7, 11) is 1.63. The number of hydrogen-bond donors (Lipinski definition) is 1. The average Bonchev–Trinajstić information content (AvgIpc) is 2.92. The van der Waals surface area contributed by atoms with Gasteiger partial charge in [-0.25, -0.2) is 0 Å². The molecule has 182 valence electrons. The van der Waals surface area contributed by atoms with Crippen LogP contribution in [0.1, 0.15) is 36.8 Å². The maximum Gasteiger partial charge on any atom is 0.222 e. The van der Waals surface area contributed by atoms with E-state index in [4.69, 9.17) is 4.74 Å². The molecule has 3 aromatic carbocycles. The highest BCUT2D eigenvalue weighted by molar-refractivity contribution is 5.85. The van der Waals surface area contributed by atoms with Crippen LogP contribution < -0.4 is 10.1 Å². The predicted octanol–water partition coefficient (Wildman–Crippen LogP) is 5.26. The third kappa shape index (κ3) is 6.30. The molecule has 3 aromatic rings. The van der Waals surface area contributed by atoms with Gasteiger partial charge in [-0.15, -0.1) is 0 Å².